The number of carbonyl (C=O) groups is 1. The first kappa shape index (κ1) is 8.24. The predicted molar refractivity (Wildman–Crippen MR) is 39.9 cm³/mol. The Morgan fingerprint density at radius 3 is 2.50 bits per heavy atom. The second-order valence-corrected chi connectivity index (χ2v) is 2.99. The average Bonchev–Trinajstić information content (AvgIpc) is 1.67. The lowest BCUT2D eigenvalue weighted by molar-refractivity contribution is -0.113. The zero-order chi connectivity index (χ0) is 6.57. The fraction of sp³-hybridized carbons (Fsp3) is 0.800. The lowest BCUT2D eigenvalue weighted by Crippen LogP contribution is -2.08. The highest BCUT2D eigenvalue weighted by molar-refractivity contribution is 7.98. The van der Waals surface area contributed by atoms with Crippen LogP contribution in [0.4, 0.5) is 0 Å². The van der Waals surface area contributed by atoms with Crippen LogP contribution in [0.5, 0.6) is 0 Å². The van der Waals surface area contributed by atoms with E-state index in [4.69, 9.17) is 0 Å². The normalized spacial score (nSPS) is 13.2. The molecule has 0 aliphatic rings. The van der Waals surface area contributed by atoms with Crippen molar-refractivity contribution in [1.29, 1.82) is 0 Å². The van der Waals surface area contributed by atoms with E-state index in [0.717, 1.165) is 5.75 Å². The van der Waals surface area contributed by atoms with Gasteiger partial charge in [0.2, 0.25) is 0 Å². The smallest absolute Gasteiger partial charge is 0.0156 e. The maximum Gasteiger partial charge on any atom is 0.0156 e. The van der Waals surface area contributed by atoms with Crippen molar-refractivity contribution in [3.05, 3.63) is 0 Å². The summed E-state index contributed by atoms with van der Waals surface area (Å²) in [7, 11) is 0. The highest BCUT2D eigenvalue weighted by Gasteiger charge is 1.97. The van der Waals surface area contributed by atoms with E-state index in [-0.39, 0.29) is 11.0 Å². The zero-order valence-corrected chi connectivity index (χ0v) is 6.64. The fourth-order valence-electron chi connectivity index (χ4n) is 0.318. The summed E-state index contributed by atoms with van der Waals surface area (Å²) in [6.07, 6.45) is 1.97. The summed E-state index contributed by atoms with van der Waals surface area (Å²) in [5.41, 5.74) is 0. The molecule has 8 heavy (non-hydrogen) atoms. The monoisotopic (exact) mass is 149 g/mol. The molecule has 0 fully saturated rings. The predicted octanol–water partition coefficient (Wildman–Crippen LogP) is 1.06. The maximum absolute atomic E-state index is 10.3. The van der Waals surface area contributed by atoms with Gasteiger partial charge >= 0.3 is 0 Å². The third kappa shape index (κ3) is 3.27. The Morgan fingerprint density at radius 2 is 2.38 bits per heavy atom. The summed E-state index contributed by atoms with van der Waals surface area (Å²) in [5.74, 6) is 0.905. The minimum absolute atomic E-state index is 0.0556. The summed E-state index contributed by atoms with van der Waals surface area (Å²) < 4.78 is 0. The molecule has 0 aromatic heterocycles. The Kier molecular flexibility index (Phi) is 4.28. The van der Waals surface area contributed by atoms with Crippen molar-refractivity contribution in [3.63, 3.8) is 0 Å². The van der Waals surface area contributed by atoms with Crippen molar-refractivity contribution < 1.29 is 4.79 Å². The van der Waals surface area contributed by atoms with Gasteiger partial charge in [0.05, 0.1) is 0 Å². The van der Waals surface area contributed by atoms with Crippen LogP contribution in [0.1, 0.15) is 6.92 Å². The molecule has 0 saturated carbocycles. The van der Waals surface area contributed by atoms with Gasteiger partial charge < -0.3 is 17.4 Å². The molecule has 3 heteroatoms. The van der Waals surface area contributed by atoms with E-state index in [9.17, 15) is 4.79 Å². The topological polar surface area (TPSA) is 17.1 Å². The number of rotatable bonds is 3. The molecule has 0 bridgehead atoms. The maximum atomic E-state index is 10.3. The molecule has 1 atom stereocenters. The lowest BCUT2D eigenvalue weighted by atomic mass is 10.2. The van der Waals surface area contributed by atoms with Crippen molar-refractivity contribution in [2.45, 2.75) is 6.92 Å². The van der Waals surface area contributed by atoms with Gasteiger partial charge in [0.25, 0.3) is 0 Å². The van der Waals surface area contributed by atoms with Crippen LogP contribution < -0.4 is 0 Å². The van der Waals surface area contributed by atoms with Gasteiger partial charge in [0.15, 0.2) is 0 Å². The quantitative estimate of drug-likeness (QED) is 0.558. The highest BCUT2D eigenvalue weighted by atomic mass is 32.2. The number of carbonyl (C=O) groups excluding carboxylic acids is 1. The molecular formula is C5H9OS2-. The van der Waals surface area contributed by atoms with Gasteiger partial charge in [-0.25, -0.2) is 0 Å². The van der Waals surface area contributed by atoms with Crippen LogP contribution in [-0.2, 0) is 17.4 Å². The molecule has 0 radical (unpaired) electrons. The van der Waals surface area contributed by atoms with E-state index in [1.807, 2.05) is 13.2 Å². The average molecular weight is 149 g/mol. The first-order valence-electron chi connectivity index (χ1n) is 2.38. The highest BCUT2D eigenvalue weighted by Crippen LogP contribution is 2.03. The molecule has 1 nitrogen and oxygen atoms in total. The summed E-state index contributed by atoms with van der Waals surface area (Å²) in [6, 6.07) is 0. The first-order chi connectivity index (χ1) is 3.68. The van der Waals surface area contributed by atoms with Gasteiger partial charge in [-0.1, -0.05) is 6.92 Å². The molecule has 0 N–H and O–H groups in total. The second-order valence-electron chi connectivity index (χ2n) is 1.68. The number of hydrogen-bond donors (Lipinski definition) is 0. The SMILES string of the molecule is CSCC(C)C(=O)[S-]. The Labute approximate surface area is 59.6 Å². The van der Waals surface area contributed by atoms with Crippen molar-refractivity contribution >= 4 is 29.5 Å². The van der Waals surface area contributed by atoms with E-state index in [1.165, 1.54) is 0 Å². The van der Waals surface area contributed by atoms with E-state index in [0.29, 0.717) is 0 Å². The summed E-state index contributed by atoms with van der Waals surface area (Å²) in [4.78, 5) is 10.3. The van der Waals surface area contributed by atoms with Gasteiger partial charge in [-0.3, -0.25) is 0 Å². The molecule has 0 spiro atoms. The molecule has 0 aromatic rings. The van der Waals surface area contributed by atoms with Crippen LogP contribution in [0.15, 0.2) is 0 Å². The Balaban J connectivity index is 3.32. The van der Waals surface area contributed by atoms with Gasteiger partial charge in [0.1, 0.15) is 0 Å². The van der Waals surface area contributed by atoms with Crippen molar-refractivity contribution in [1.82, 2.24) is 0 Å². The van der Waals surface area contributed by atoms with E-state index >= 15 is 0 Å². The third-order valence-electron chi connectivity index (χ3n) is 0.819. The van der Waals surface area contributed by atoms with Gasteiger partial charge in [-0.05, 0) is 6.26 Å². The van der Waals surface area contributed by atoms with Crippen LogP contribution in [0.2, 0.25) is 0 Å². The molecule has 0 amide bonds. The van der Waals surface area contributed by atoms with Crippen LogP contribution in [0, 0.1) is 5.92 Å². The zero-order valence-electron chi connectivity index (χ0n) is 5.01. The van der Waals surface area contributed by atoms with Crippen molar-refractivity contribution in [3.8, 4) is 0 Å². The molecule has 1 unspecified atom stereocenters. The van der Waals surface area contributed by atoms with Gasteiger partial charge in [0, 0.05) is 16.8 Å². The third-order valence-corrected chi connectivity index (χ3v) is 2.05. The lowest BCUT2D eigenvalue weighted by Gasteiger charge is -2.10. The van der Waals surface area contributed by atoms with Crippen LogP contribution in [0.25, 0.3) is 0 Å². The Morgan fingerprint density at radius 1 is 1.88 bits per heavy atom. The molecule has 0 aliphatic heterocycles. The van der Waals surface area contributed by atoms with Crippen LogP contribution in [0.3, 0.4) is 0 Å². The second kappa shape index (κ2) is 4.15. The number of hydrogen-bond acceptors (Lipinski definition) is 3. The van der Waals surface area contributed by atoms with Crippen LogP contribution >= 0.6 is 11.8 Å². The molecule has 0 aliphatic carbocycles. The van der Waals surface area contributed by atoms with Gasteiger partial charge in [-0.15, -0.1) is 0 Å². The fourth-order valence-corrected chi connectivity index (χ4v) is 1.16. The van der Waals surface area contributed by atoms with Gasteiger partial charge in [-0.2, -0.15) is 11.8 Å². The standard InChI is InChI=1S/C5H10OS2/c1-4(3-8-2)5(6)7/h4H,3H2,1-2H3,(H,6,7)/p-1. The molecule has 0 heterocycles. The Hall–Kier alpha value is 0.240. The first-order valence-corrected chi connectivity index (χ1v) is 4.18. The summed E-state index contributed by atoms with van der Waals surface area (Å²) in [6.45, 7) is 1.85. The molecule has 48 valence electrons. The molecule has 0 rings (SSSR count). The molecular weight excluding hydrogens is 140 g/mol. The van der Waals surface area contributed by atoms with Crippen molar-refractivity contribution in [2.24, 2.45) is 5.92 Å². The molecule has 0 aromatic carbocycles. The summed E-state index contributed by atoms with van der Waals surface area (Å²) >= 11 is 6.07. The van der Waals surface area contributed by atoms with E-state index in [1.54, 1.807) is 11.8 Å². The van der Waals surface area contributed by atoms with E-state index < -0.39 is 0 Å². The summed E-state index contributed by atoms with van der Waals surface area (Å²) in [5, 5.41) is -0.126. The minimum Gasteiger partial charge on any atom is -0.742 e. The minimum atomic E-state index is -0.126. The molecule has 0 saturated heterocycles. The van der Waals surface area contributed by atoms with E-state index in [2.05, 4.69) is 12.6 Å². The largest absolute Gasteiger partial charge is 0.742 e. The van der Waals surface area contributed by atoms with Crippen molar-refractivity contribution in [2.75, 3.05) is 12.0 Å². The van der Waals surface area contributed by atoms with Crippen LogP contribution in [-0.4, -0.2) is 17.1 Å². The number of thioether (sulfide) groups is 1. The Bertz CT molecular complexity index is 82.5.